The molecule has 3 aliphatic rings. The Balaban J connectivity index is 1.35. The molecule has 3 fully saturated rings. The lowest BCUT2D eigenvalue weighted by Gasteiger charge is -2.45. The molecule has 1 aromatic heterocycles. The molecule has 1 aliphatic carbocycles. The van der Waals surface area contributed by atoms with Gasteiger partial charge in [-0.05, 0) is 37.1 Å². The highest BCUT2D eigenvalue weighted by Gasteiger charge is 2.39. The summed E-state index contributed by atoms with van der Waals surface area (Å²) in [7, 11) is 0. The van der Waals surface area contributed by atoms with Crippen LogP contribution in [0.5, 0.6) is 0 Å². The summed E-state index contributed by atoms with van der Waals surface area (Å²) in [5.74, 6) is 0.469. The Morgan fingerprint density at radius 2 is 1.88 bits per heavy atom. The van der Waals surface area contributed by atoms with Crippen molar-refractivity contribution in [3.8, 4) is 0 Å². The van der Waals surface area contributed by atoms with Crippen molar-refractivity contribution in [2.45, 2.75) is 50.7 Å². The maximum atomic E-state index is 13.1. The van der Waals surface area contributed by atoms with Gasteiger partial charge < -0.3 is 14.5 Å². The minimum atomic E-state index is 0.0630. The smallest absolute Gasteiger partial charge is 0.263 e. The molecule has 3 heterocycles. The molecule has 0 radical (unpaired) electrons. The van der Waals surface area contributed by atoms with E-state index in [0.29, 0.717) is 25.6 Å². The third-order valence-electron chi connectivity index (χ3n) is 5.88. The van der Waals surface area contributed by atoms with E-state index in [9.17, 15) is 9.59 Å². The van der Waals surface area contributed by atoms with Crippen LogP contribution in [0.25, 0.3) is 0 Å². The summed E-state index contributed by atoms with van der Waals surface area (Å²) in [6.45, 7) is 2.77. The molecule has 136 valence electrons. The van der Waals surface area contributed by atoms with Gasteiger partial charge in [-0.2, -0.15) is 0 Å². The molecule has 0 spiro atoms. The van der Waals surface area contributed by atoms with Gasteiger partial charge in [-0.25, -0.2) is 0 Å². The van der Waals surface area contributed by atoms with Gasteiger partial charge in [0.2, 0.25) is 5.91 Å². The molecular weight excluding hydrogens is 336 g/mol. The van der Waals surface area contributed by atoms with Gasteiger partial charge >= 0.3 is 0 Å². The number of hydrogen-bond acceptors (Lipinski definition) is 4. The summed E-state index contributed by atoms with van der Waals surface area (Å²) in [6.07, 6.45) is 6.38. The average Bonchev–Trinajstić information content (AvgIpc) is 3.21. The highest BCUT2D eigenvalue weighted by molar-refractivity contribution is 7.12. The van der Waals surface area contributed by atoms with Crippen LogP contribution in [0.1, 0.15) is 48.2 Å². The maximum Gasteiger partial charge on any atom is 0.263 e. The largest absolute Gasteiger partial charge is 0.374 e. The second-order valence-corrected chi connectivity index (χ2v) is 8.28. The zero-order valence-corrected chi connectivity index (χ0v) is 15.4. The number of carbonyl (C=O) groups excluding carboxylic acids is 2. The second-order valence-electron chi connectivity index (χ2n) is 7.34. The van der Waals surface area contributed by atoms with Crippen molar-refractivity contribution in [2.75, 3.05) is 26.2 Å². The van der Waals surface area contributed by atoms with Crippen molar-refractivity contribution in [3.05, 3.63) is 22.4 Å². The fourth-order valence-corrected chi connectivity index (χ4v) is 5.18. The summed E-state index contributed by atoms with van der Waals surface area (Å²) < 4.78 is 5.89. The molecule has 0 bridgehead atoms. The third kappa shape index (κ3) is 3.47. The quantitative estimate of drug-likeness (QED) is 0.813. The summed E-state index contributed by atoms with van der Waals surface area (Å²) in [5.41, 5.74) is 0. The van der Waals surface area contributed by atoms with Gasteiger partial charge in [0.1, 0.15) is 0 Å². The fraction of sp³-hybridized carbons (Fsp3) is 0.684. The van der Waals surface area contributed by atoms with E-state index in [1.165, 1.54) is 24.2 Å². The lowest BCUT2D eigenvalue weighted by molar-refractivity contribution is -0.155. The van der Waals surface area contributed by atoms with Crippen molar-refractivity contribution >= 4 is 23.2 Å². The first-order valence-corrected chi connectivity index (χ1v) is 10.4. The second kappa shape index (κ2) is 7.46. The molecule has 2 atom stereocenters. The van der Waals surface area contributed by atoms with E-state index in [4.69, 9.17) is 4.74 Å². The summed E-state index contributed by atoms with van der Waals surface area (Å²) in [5, 5.41) is 1.93. The lowest BCUT2D eigenvalue weighted by atomic mass is 9.88. The van der Waals surface area contributed by atoms with Gasteiger partial charge in [-0.1, -0.05) is 18.9 Å². The standard InChI is InChI=1S/C19H26N2O3S/c22-18(21-11-12-24-16-5-2-1-4-15(16)21)14-7-9-20(10-8-14)19(23)17-6-3-13-25-17/h3,6,13-16H,1-2,4-5,7-12H2. The van der Waals surface area contributed by atoms with Crippen LogP contribution in [0.3, 0.4) is 0 Å². The van der Waals surface area contributed by atoms with Gasteiger partial charge in [-0.15, -0.1) is 11.3 Å². The van der Waals surface area contributed by atoms with E-state index in [1.54, 1.807) is 0 Å². The van der Waals surface area contributed by atoms with Gasteiger partial charge in [0, 0.05) is 25.6 Å². The summed E-state index contributed by atoms with van der Waals surface area (Å²) in [4.78, 5) is 30.3. The number of hydrogen-bond donors (Lipinski definition) is 0. The van der Waals surface area contributed by atoms with E-state index in [0.717, 1.165) is 37.1 Å². The number of nitrogens with zero attached hydrogens (tertiary/aromatic N) is 2. The van der Waals surface area contributed by atoms with Crippen LogP contribution in [-0.4, -0.2) is 60.0 Å². The Morgan fingerprint density at radius 1 is 1.08 bits per heavy atom. The average molecular weight is 362 g/mol. The predicted octanol–water partition coefficient (Wildman–Crippen LogP) is 2.77. The Labute approximate surface area is 152 Å². The van der Waals surface area contributed by atoms with Crippen LogP contribution >= 0.6 is 11.3 Å². The summed E-state index contributed by atoms with van der Waals surface area (Å²) >= 11 is 1.49. The van der Waals surface area contributed by atoms with E-state index < -0.39 is 0 Å². The van der Waals surface area contributed by atoms with E-state index in [2.05, 4.69) is 4.90 Å². The molecule has 5 nitrogen and oxygen atoms in total. The summed E-state index contributed by atoms with van der Waals surface area (Å²) in [6, 6.07) is 4.06. The number of morpholine rings is 1. The van der Waals surface area contributed by atoms with Crippen molar-refractivity contribution in [1.82, 2.24) is 9.80 Å². The molecule has 1 saturated carbocycles. The highest BCUT2D eigenvalue weighted by atomic mass is 32.1. The molecular formula is C19H26N2O3S. The van der Waals surface area contributed by atoms with Crippen LogP contribution in [-0.2, 0) is 9.53 Å². The molecule has 2 aliphatic heterocycles. The molecule has 25 heavy (non-hydrogen) atoms. The normalized spacial score (nSPS) is 27.8. The SMILES string of the molecule is O=C(c1cccs1)N1CCC(C(=O)N2CCOC3CCCCC32)CC1. The first kappa shape index (κ1) is 17.0. The number of carbonyl (C=O) groups is 2. The van der Waals surface area contributed by atoms with Crippen molar-refractivity contribution in [1.29, 1.82) is 0 Å². The fourth-order valence-electron chi connectivity index (χ4n) is 4.49. The zero-order chi connectivity index (χ0) is 17.2. The van der Waals surface area contributed by atoms with E-state index in [-0.39, 0.29) is 24.0 Å². The topological polar surface area (TPSA) is 49.9 Å². The number of thiophene rings is 1. The molecule has 2 unspecified atom stereocenters. The third-order valence-corrected chi connectivity index (χ3v) is 6.74. The van der Waals surface area contributed by atoms with Crippen molar-refractivity contribution < 1.29 is 14.3 Å². The monoisotopic (exact) mass is 362 g/mol. The number of likely N-dealkylation sites (tertiary alicyclic amines) is 1. The van der Waals surface area contributed by atoms with Gasteiger partial charge in [0.15, 0.2) is 0 Å². The Morgan fingerprint density at radius 3 is 2.64 bits per heavy atom. The zero-order valence-electron chi connectivity index (χ0n) is 14.6. The Bertz CT molecular complexity index is 608. The van der Waals surface area contributed by atoms with Crippen LogP contribution in [0.2, 0.25) is 0 Å². The number of piperidine rings is 1. The number of amides is 2. The number of fused-ring (bicyclic) bond motifs is 1. The molecule has 1 aromatic rings. The molecule has 0 N–H and O–H groups in total. The Kier molecular flexibility index (Phi) is 5.08. The van der Waals surface area contributed by atoms with Gasteiger partial charge in [-0.3, -0.25) is 9.59 Å². The minimum Gasteiger partial charge on any atom is -0.374 e. The molecule has 2 saturated heterocycles. The first-order chi connectivity index (χ1) is 12.2. The molecule has 2 amide bonds. The molecule has 6 heteroatoms. The van der Waals surface area contributed by atoms with E-state index in [1.807, 2.05) is 22.4 Å². The molecule has 0 aromatic carbocycles. The van der Waals surface area contributed by atoms with Crippen molar-refractivity contribution in [3.63, 3.8) is 0 Å². The first-order valence-electron chi connectivity index (χ1n) is 9.49. The Hall–Kier alpha value is -1.40. The van der Waals surface area contributed by atoms with Crippen LogP contribution < -0.4 is 0 Å². The lowest BCUT2D eigenvalue weighted by Crippen LogP contribution is -2.57. The molecule has 4 rings (SSSR count). The minimum absolute atomic E-state index is 0.0630. The van der Waals surface area contributed by atoms with E-state index >= 15 is 0 Å². The van der Waals surface area contributed by atoms with Crippen molar-refractivity contribution in [2.24, 2.45) is 5.92 Å². The van der Waals surface area contributed by atoms with Crippen LogP contribution in [0.15, 0.2) is 17.5 Å². The number of ether oxygens (including phenoxy) is 1. The van der Waals surface area contributed by atoms with Gasteiger partial charge in [0.25, 0.3) is 5.91 Å². The highest BCUT2D eigenvalue weighted by Crippen LogP contribution is 2.31. The van der Waals surface area contributed by atoms with Crippen LogP contribution in [0, 0.1) is 5.92 Å². The predicted molar refractivity (Wildman–Crippen MR) is 96.7 cm³/mol. The maximum absolute atomic E-state index is 13.1. The number of rotatable bonds is 2. The van der Waals surface area contributed by atoms with Crippen LogP contribution in [0.4, 0.5) is 0 Å². The van der Waals surface area contributed by atoms with Gasteiger partial charge in [0.05, 0.1) is 23.6 Å².